The molecule has 4 unspecified atom stereocenters. The van der Waals surface area contributed by atoms with Crippen LogP contribution in [0, 0.1) is 23.7 Å². The minimum absolute atomic E-state index is 0.102. The zero-order valence-corrected chi connectivity index (χ0v) is 59.1. The maximum absolute atomic E-state index is 13.0. The Morgan fingerprint density at radius 3 is 0.807 bits per heavy atom. The third-order valence-corrected chi connectivity index (χ3v) is 18.1. The molecule has 0 saturated carbocycles. The van der Waals surface area contributed by atoms with E-state index in [1.807, 2.05) is 0 Å². The van der Waals surface area contributed by atoms with Crippen LogP contribution < -0.4 is 0 Å². The highest BCUT2D eigenvalue weighted by atomic mass is 31.2. The molecule has 19 heteroatoms. The van der Waals surface area contributed by atoms with E-state index >= 15 is 0 Å². The number of carbonyl (C=O) groups excluding carboxylic acids is 4. The predicted octanol–water partition coefficient (Wildman–Crippen LogP) is 19.3. The van der Waals surface area contributed by atoms with Crippen LogP contribution in [0.3, 0.4) is 0 Å². The van der Waals surface area contributed by atoms with Crippen molar-refractivity contribution in [1.82, 2.24) is 0 Å². The lowest BCUT2D eigenvalue weighted by molar-refractivity contribution is -0.161. The van der Waals surface area contributed by atoms with Gasteiger partial charge >= 0.3 is 39.5 Å². The van der Waals surface area contributed by atoms with E-state index in [2.05, 4.69) is 55.4 Å². The van der Waals surface area contributed by atoms with Crippen molar-refractivity contribution < 1.29 is 80.2 Å². The largest absolute Gasteiger partial charge is 0.472 e. The van der Waals surface area contributed by atoms with Gasteiger partial charge < -0.3 is 33.8 Å². The molecule has 0 aromatic rings. The summed E-state index contributed by atoms with van der Waals surface area (Å²) < 4.78 is 68.2. The van der Waals surface area contributed by atoms with Gasteiger partial charge in [0.25, 0.3) is 0 Å². The van der Waals surface area contributed by atoms with Gasteiger partial charge in [-0.3, -0.25) is 37.3 Å². The minimum atomic E-state index is -4.95. The van der Waals surface area contributed by atoms with Gasteiger partial charge in [0.2, 0.25) is 0 Å². The minimum Gasteiger partial charge on any atom is -0.462 e. The standard InChI is InChI=1S/C69H134O17P2/c1-9-62(8)48-40-32-27-28-36-44-52-69(74)86-65(56-80-67(72)50-42-34-25-19-18-22-30-38-46-60(4)5)58-84-88(77,78)82-54-63(70)53-81-87(75,76)83-57-64(85-68(73)51-43-35-26-20-23-31-39-47-61(6)7)55-79-66(71)49-41-33-24-17-15-13-11-10-12-14-16-21-29-37-45-59(2)3/h59-65,70H,9-58H2,1-8H3,(H,75,76)(H,77,78)/t62?,63?,64-,65-/m1/s1. The maximum Gasteiger partial charge on any atom is 0.472 e. The summed E-state index contributed by atoms with van der Waals surface area (Å²) in [5, 5.41) is 10.6. The topological polar surface area (TPSA) is 237 Å². The molecule has 0 amide bonds. The summed E-state index contributed by atoms with van der Waals surface area (Å²) in [7, 11) is -9.90. The number of hydrogen-bond acceptors (Lipinski definition) is 15. The van der Waals surface area contributed by atoms with Gasteiger partial charge in [0, 0.05) is 25.7 Å². The third kappa shape index (κ3) is 61.6. The van der Waals surface area contributed by atoms with Crippen LogP contribution in [0.5, 0.6) is 0 Å². The number of rotatable bonds is 66. The molecule has 17 nitrogen and oxygen atoms in total. The molecule has 0 heterocycles. The highest BCUT2D eigenvalue weighted by Gasteiger charge is 2.30. The van der Waals surface area contributed by atoms with Gasteiger partial charge in [-0.15, -0.1) is 0 Å². The first-order valence-electron chi connectivity index (χ1n) is 35.7. The molecule has 0 aliphatic heterocycles. The number of aliphatic hydroxyl groups is 1. The summed E-state index contributed by atoms with van der Waals surface area (Å²) in [6.07, 6.45) is 40.5. The Morgan fingerprint density at radius 2 is 0.545 bits per heavy atom. The molecule has 0 radical (unpaired) electrons. The van der Waals surface area contributed by atoms with E-state index in [1.54, 1.807) is 0 Å². The average Bonchev–Trinajstić information content (AvgIpc) is 3.69. The van der Waals surface area contributed by atoms with E-state index in [1.165, 1.54) is 141 Å². The van der Waals surface area contributed by atoms with Crippen molar-refractivity contribution >= 4 is 39.5 Å². The summed E-state index contributed by atoms with van der Waals surface area (Å²) in [6, 6.07) is 0. The lowest BCUT2D eigenvalue weighted by atomic mass is 10.00. The van der Waals surface area contributed by atoms with Gasteiger partial charge in [0.05, 0.1) is 26.4 Å². The first kappa shape index (κ1) is 86.1. The van der Waals surface area contributed by atoms with E-state index in [4.69, 9.17) is 37.0 Å². The number of hydrogen-bond donors (Lipinski definition) is 3. The molecule has 0 aliphatic rings. The van der Waals surface area contributed by atoms with Crippen molar-refractivity contribution in [2.45, 2.75) is 356 Å². The summed E-state index contributed by atoms with van der Waals surface area (Å²) in [5.74, 6) is 0.805. The second-order valence-corrected chi connectivity index (χ2v) is 29.5. The molecule has 88 heavy (non-hydrogen) atoms. The highest BCUT2D eigenvalue weighted by Crippen LogP contribution is 2.45. The molecular weight excluding hydrogens is 1160 g/mol. The van der Waals surface area contributed by atoms with Crippen LogP contribution in [-0.4, -0.2) is 96.7 Å². The molecule has 6 atom stereocenters. The van der Waals surface area contributed by atoms with Crippen LogP contribution in [0.15, 0.2) is 0 Å². The number of phosphoric ester groups is 2. The summed E-state index contributed by atoms with van der Waals surface area (Å²) in [4.78, 5) is 72.4. The fraction of sp³-hybridized carbons (Fsp3) is 0.942. The average molecular weight is 1300 g/mol. The van der Waals surface area contributed by atoms with Crippen LogP contribution in [0.1, 0.15) is 338 Å². The van der Waals surface area contributed by atoms with E-state index < -0.39 is 97.5 Å². The number of aliphatic hydroxyl groups excluding tert-OH is 1. The second-order valence-electron chi connectivity index (χ2n) is 26.6. The summed E-state index contributed by atoms with van der Waals surface area (Å²) in [5.41, 5.74) is 0. The molecule has 0 rings (SSSR count). The van der Waals surface area contributed by atoms with Gasteiger partial charge in [0.1, 0.15) is 19.3 Å². The molecule has 0 aliphatic carbocycles. The van der Waals surface area contributed by atoms with Gasteiger partial charge in [-0.2, -0.15) is 0 Å². The van der Waals surface area contributed by atoms with Gasteiger partial charge in [-0.25, -0.2) is 9.13 Å². The monoisotopic (exact) mass is 1300 g/mol. The Balaban J connectivity index is 5.20. The Labute approximate surface area is 537 Å². The molecular formula is C69H134O17P2. The Kier molecular flexibility index (Phi) is 57.6. The van der Waals surface area contributed by atoms with Crippen LogP contribution in [-0.2, 0) is 65.4 Å². The first-order chi connectivity index (χ1) is 42.1. The fourth-order valence-electron chi connectivity index (χ4n) is 10.3. The highest BCUT2D eigenvalue weighted by molar-refractivity contribution is 7.47. The number of esters is 4. The van der Waals surface area contributed by atoms with Crippen molar-refractivity contribution in [2.24, 2.45) is 23.7 Å². The van der Waals surface area contributed by atoms with Crippen molar-refractivity contribution in [3.05, 3.63) is 0 Å². The molecule has 0 saturated heterocycles. The van der Waals surface area contributed by atoms with E-state index in [0.29, 0.717) is 31.6 Å². The second kappa shape index (κ2) is 58.8. The molecule has 0 aromatic carbocycles. The van der Waals surface area contributed by atoms with Crippen molar-refractivity contribution in [3.8, 4) is 0 Å². The Hall–Kier alpha value is -1.94. The smallest absolute Gasteiger partial charge is 0.462 e. The van der Waals surface area contributed by atoms with Crippen LogP contribution in [0.4, 0.5) is 0 Å². The zero-order valence-electron chi connectivity index (χ0n) is 57.3. The van der Waals surface area contributed by atoms with Crippen LogP contribution in [0.2, 0.25) is 0 Å². The number of carbonyl (C=O) groups is 4. The SMILES string of the molecule is CCC(C)CCCCCCCCC(=O)O[C@H](COC(=O)CCCCCCCCCCC(C)C)COP(=O)(O)OCC(O)COP(=O)(O)OC[C@@H](COC(=O)CCCCCCCCCCCCCCCCC(C)C)OC(=O)CCCCCCCCCC(C)C. The molecule has 0 bridgehead atoms. The summed E-state index contributed by atoms with van der Waals surface area (Å²) >= 11 is 0. The quantitative estimate of drug-likeness (QED) is 0.0222. The lowest BCUT2D eigenvalue weighted by Crippen LogP contribution is -2.30. The predicted molar refractivity (Wildman–Crippen MR) is 354 cm³/mol. The van der Waals surface area contributed by atoms with Gasteiger partial charge in [0.15, 0.2) is 12.2 Å². The van der Waals surface area contributed by atoms with Crippen molar-refractivity contribution in [1.29, 1.82) is 0 Å². The third-order valence-electron chi connectivity index (χ3n) is 16.2. The molecule has 0 aromatic heterocycles. The molecule has 522 valence electrons. The Morgan fingerprint density at radius 1 is 0.318 bits per heavy atom. The maximum atomic E-state index is 13.0. The van der Waals surface area contributed by atoms with E-state index in [-0.39, 0.29) is 25.7 Å². The zero-order chi connectivity index (χ0) is 65.4. The first-order valence-corrected chi connectivity index (χ1v) is 38.7. The summed E-state index contributed by atoms with van der Waals surface area (Å²) in [6.45, 7) is 14.0. The number of phosphoric acid groups is 2. The van der Waals surface area contributed by atoms with Crippen molar-refractivity contribution in [3.63, 3.8) is 0 Å². The Bertz CT molecular complexity index is 1750. The van der Waals surface area contributed by atoms with E-state index in [9.17, 15) is 43.2 Å². The van der Waals surface area contributed by atoms with Crippen LogP contribution in [0.25, 0.3) is 0 Å². The number of unbranched alkanes of at least 4 members (excludes halogenated alkanes) is 31. The van der Waals surface area contributed by atoms with Crippen molar-refractivity contribution in [2.75, 3.05) is 39.6 Å². The normalized spacial score (nSPS) is 14.6. The molecule has 0 fully saturated rings. The van der Waals surface area contributed by atoms with Crippen LogP contribution >= 0.6 is 15.6 Å². The fourth-order valence-corrected chi connectivity index (χ4v) is 11.9. The molecule has 0 spiro atoms. The number of ether oxygens (including phenoxy) is 4. The lowest BCUT2D eigenvalue weighted by Gasteiger charge is -2.21. The van der Waals surface area contributed by atoms with Gasteiger partial charge in [-0.05, 0) is 49.4 Å². The molecule has 3 N–H and O–H groups in total. The van der Waals surface area contributed by atoms with Gasteiger partial charge in [-0.1, -0.05) is 287 Å². The van der Waals surface area contributed by atoms with E-state index in [0.717, 1.165) is 108 Å².